The summed E-state index contributed by atoms with van der Waals surface area (Å²) in [6, 6.07) is 0. The van der Waals surface area contributed by atoms with Crippen LogP contribution >= 0.6 is 0 Å². The number of hydrazine groups is 1. The SMILES string of the molecule is C1=N[N]NN1. The lowest BCUT2D eigenvalue weighted by atomic mass is 11.4. The van der Waals surface area contributed by atoms with Crippen LogP contribution in [0.5, 0.6) is 0 Å². The fraction of sp³-hybridized carbons (Fsp3) is 0. The van der Waals surface area contributed by atoms with Gasteiger partial charge in [0, 0.05) is 0 Å². The summed E-state index contributed by atoms with van der Waals surface area (Å²) in [4.78, 5) is 0. The topological polar surface area (TPSA) is 50.5 Å². The first-order valence-corrected chi connectivity index (χ1v) is 1.22. The number of hydrogen-bond donors (Lipinski definition) is 2. The van der Waals surface area contributed by atoms with Crippen LogP contribution in [0.3, 0.4) is 0 Å². The molecular weight excluding hydrogens is 68.0 g/mol. The minimum atomic E-state index is 1.46. The van der Waals surface area contributed by atoms with Crippen molar-refractivity contribution in [1.82, 2.24) is 16.5 Å². The van der Waals surface area contributed by atoms with Crippen LogP contribution in [0.2, 0.25) is 0 Å². The van der Waals surface area contributed by atoms with Gasteiger partial charge in [0.15, 0.2) is 0 Å². The Labute approximate surface area is 29.2 Å². The highest BCUT2D eigenvalue weighted by atomic mass is 15.8. The minimum absolute atomic E-state index is 1.46. The lowest BCUT2D eigenvalue weighted by Gasteiger charge is -1.78. The third-order valence-electron chi connectivity index (χ3n) is 0.295. The Bertz CT molecular complexity index is 41.6. The van der Waals surface area contributed by atoms with Crippen molar-refractivity contribution in [1.29, 1.82) is 0 Å². The molecule has 0 aromatic carbocycles. The summed E-state index contributed by atoms with van der Waals surface area (Å²) < 4.78 is 0. The summed E-state index contributed by atoms with van der Waals surface area (Å²) in [6.45, 7) is 0. The number of nitrogens with one attached hydrogen (secondary N) is 2. The maximum absolute atomic E-state index is 3.36. The van der Waals surface area contributed by atoms with Gasteiger partial charge in [0.2, 0.25) is 0 Å². The van der Waals surface area contributed by atoms with E-state index in [2.05, 4.69) is 21.6 Å². The van der Waals surface area contributed by atoms with Gasteiger partial charge in [-0.3, -0.25) is 5.43 Å². The third-order valence-corrected chi connectivity index (χ3v) is 0.295. The Morgan fingerprint density at radius 1 is 1.60 bits per heavy atom. The van der Waals surface area contributed by atoms with Gasteiger partial charge in [0.25, 0.3) is 0 Å². The van der Waals surface area contributed by atoms with Gasteiger partial charge in [0.05, 0.1) is 0 Å². The molecule has 0 saturated carbocycles. The molecule has 5 heavy (non-hydrogen) atoms. The summed E-state index contributed by atoms with van der Waals surface area (Å²) in [7, 11) is 0. The minimum Gasteiger partial charge on any atom is -0.289 e. The zero-order chi connectivity index (χ0) is 3.54. The van der Waals surface area contributed by atoms with Gasteiger partial charge < -0.3 is 0 Å². The fourth-order valence-corrected chi connectivity index (χ4v) is 0.144. The van der Waals surface area contributed by atoms with Gasteiger partial charge >= 0.3 is 0 Å². The van der Waals surface area contributed by atoms with E-state index in [1.165, 1.54) is 6.34 Å². The van der Waals surface area contributed by atoms with E-state index in [4.69, 9.17) is 0 Å². The summed E-state index contributed by atoms with van der Waals surface area (Å²) >= 11 is 0. The Morgan fingerprint density at radius 3 is 2.80 bits per heavy atom. The normalized spacial score (nSPS) is 17.6. The van der Waals surface area contributed by atoms with E-state index in [1.807, 2.05) is 0 Å². The lowest BCUT2D eigenvalue weighted by molar-refractivity contribution is 0.565. The van der Waals surface area contributed by atoms with Gasteiger partial charge in [-0.15, -0.1) is 10.6 Å². The van der Waals surface area contributed by atoms with Gasteiger partial charge in [0.1, 0.15) is 6.34 Å². The molecule has 4 nitrogen and oxygen atoms in total. The lowest BCUT2D eigenvalue weighted by Crippen LogP contribution is -2.26. The predicted octanol–water partition coefficient (Wildman–Crippen LogP) is -1.44. The van der Waals surface area contributed by atoms with Crippen LogP contribution in [0.15, 0.2) is 5.10 Å². The van der Waals surface area contributed by atoms with E-state index in [0.29, 0.717) is 0 Å². The molecule has 0 bridgehead atoms. The van der Waals surface area contributed by atoms with Crippen LogP contribution in [0.25, 0.3) is 0 Å². The molecular formula is CH3N4. The van der Waals surface area contributed by atoms with E-state index in [-0.39, 0.29) is 0 Å². The second-order valence-electron chi connectivity index (χ2n) is 0.601. The molecule has 1 aliphatic rings. The van der Waals surface area contributed by atoms with Crippen molar-refractivity contribution in [3.8, 4) is 0 Å². The summed E-state index contributed by atoms with van der Waals surface area (Å²) in [5.41, 5.74) is 8.18. The van der Waals surface area contributed by atoms with Crippen LogP contribution in [-0.4, -0.2) is 6.34 Å². The van der Waals surface area contributed by atoms with Crippen LogP contribution in [0.4, 0.5) is 0 Å². The number of rotatable bonds is 0. The predicted molar refractivity (Wildman–Crippen MR) is 16.9 cm³/mol. The highest BCUT2D eigenvalue weighted by Gasteiger charge is 1.80. The molecule has 1 heterocycles. The van der Waals surface area contributed by atoms with Crippen molar-refractivity contribution < 1.29 is 0 Å². The van der Waals surface area contributed by atoms with Gasteiger partial charge in [-0.05, 0) is 0 Å². The molecule has 0 aromatic heterocycles. The second kappa shape index (κ2) is 0.898. The zero-order valence-electron chi connectivity index (χ0n) is 2.47. The van der Waals surface area contributed by atoms with E-state index < -0.39 is 0 Å². The average Bonchev–Trinajstić information content (AvgIpc) is 1.76. The monoisotopic (exact) mass is 71.0 g/mol. The molecule has 0 amide bonds. The molecule has 0 aromatic rings. The first-order valence-electron chi connectivity index (χ1n) is 1.22. The van der Waals surface area contributed by atoms with E-state index in [1.54, 1.807) is 0 Å². The highest BCUT2D eigenvalue weighted by Crippen LogP contribution is 1.53. The van der Waals surface area contributed by atoms with Crippen LogP contribution in [-0.2, 0) is 0 Å². The van der Waals surface area contributed by atoms with Crippen molar-refractivity contribution in [2.24, 2.45) is 5.10 Å². The van der Waals surface area contributed by atoms with Crippen LogP contribution in [0, 0.1) is 0 Å². The molecule has 1 radical (unpaired) electrons. The molecule has 27 valence electrons. The van der Waals surface area contributed by atoms with Crippen molar-refractivity contribution in [3.63, 3.8) is 0 Å². The first-order chi connectivity index (χ1) is 2.50. The maximum atomic E-state index is 3.36. The summed E-state index contributed by atoms with van der Waals surface area (Å²) in [5, 5.41) is 3.36. The molecule has 0 unspecified atom stereocenters. The van der Waals surface area contributed by atoms with Crippen molar-refractivity contribution in [3.05, 3.63) is 0 Å². The summed E-state index contributed by atoms with van der Waals surface area (Å²) in [6.07, 6.45) is 1.46. The quantitative estimate of drug-likeness (QED) is 0.367. The maximum Gasteiger partial charge on any atom is 0.128 e. The Hall–Kier alpha value is -0.770. The Kier molecular flexibility index (Phi) is 0.443. The zero-order valence-corrected chi connectivity index (χ0v) is 2.47. The van der Waals surface area contributed by atoms with Gasteiger partial charge in [-0.25, -0.2) is 0 Å². The first kappa shape index (κ1) is 2.47. The Morgan fingerprint density at radius 2 is 2.60 bits per heavy atom. The van der Waals surface area contributed by atoms with Crippen LogP contribution in [0.1, 0.15) is 0 Å². The molecule has 0 saturated heterocycles. The Balaban J connectivity index is 2.32. The summed E-state index contributed by atoms with van der Waals surface area (Å²) in [5.74, 6) is 0. The number of nitrogens with zero attached hydrogens (tertiary/aromatic N) is 2. The highest BCUT2D eigenvalue weighted by molar-refractivity contribution is 5.53. The standard InChI is InChI=1S/CH3N4/c1-2-4-5-3-1/h1,4H,(H,2,3). The van der Waals surface area contributed by atoms with Crippen molar-refractivity contribution >= 4 is 6.34 Å². The molecule has 2 N–H and O–H groups in total. The average molecular weight is 71.1 g/mol. The number of hydrogen-bond acceptors (Lipinski definition) is 3. The van der Waals surface area contributed by atoms with Gasteiger partial charge in [-0.1, -0.05) is 5.53 Å². The van der Waals surface area contributed by atoms with Gasteiger partial charge in [-0.2, -0.15) is 0 Å². The van der Waals surface area contributed by atoms with E-state index >= 15 is 0 Å². The largest absolute Gasteiger partial charge is 0.289 e. The van der Waals surface area contributed by atoms with Crippen molar-refractivity contribution in [2.75, 3.05) is 0 Å². The molecule has 1 rings (SSSR count). The molecule has 1 aliphatic heterocycles. The van der Waals surface area contributed by atoms with E-state index in [0.717, 1.165) is 0 Å². The molecule has 4 heteroatoms. The third kappa shape index (κ3) is 0.273. The molecule has 0 fully saturated rings. The second-order valence-corrected chi connectivity index (χ2v) is 0.601. The molecule has 0 aliphatic carbocycles. The van der Waals surface area contributed by atoms with E-state index in [9.17, 15) is 0 Å². The molecule has 0 atom stereocenters. The fourth-order valence-electron chi connectivity index (χ4n) is 0.144. The van der Waals surface area contributed by atoms with Crippen molar-refractivity contribution in [2.45, 2.75) is 0 Å². The smallest absolute Gasteiger partial charge is 0.128 e. The molecule has 0 spiro atoms. The van der Waals surface area contributed by atoms with Crippen LogP contribution < -0.4 is 16.5 Å².